The van der Waals surface area contributed by atoms with Crippen molar-refractivity contribution in [2.75, 3.05) is 11.0 Å². The van der Waals surface area contributed by atoms with Gasteiger partial charge >= 0.3 is 0 Å². The third-order valence-electron chi connectivity index (χ3n) is 1.10. The van der Waals surface area contributed by atoms with Crippen molar-refractivity contribution < 1.29 is 8.42 Å². The van der Waals surface area contributed by atoms with E-state index >= 15 is 0 Å². The van der Waals surface area contributed by atoms with Gasteiger partial charge in [0.05, 0.1) is 17.0 Å². The molecule has 1 radical (unpaired) electrons. The van der Waals surface area contributed by atoms with Crippen LogP contribution in [-0.2, 0) is 10.0 Å². The van der Waals surface area contributed by atoms with Crippen LogP contribution < -0.4 is 4.72 Å². The van der Waals surface area contributed by atoms with E-state index in [2.05, 4.69) is 10.8 Å². The van der Waals surface area contributed by atoms with Crippen LogP contribution in [-0.4, -0.2) is 14.7 Å². The van der Waals surface area contributed by atoms with Gasteiger partial charge in [0.2, 0.25) is 10.0 Å². The molecule has 0 saturated heterocycles. The van der Waals surface area contributed by atoms with Gasteiger partial charge in [-0.1, -0.05) is 23.7 Å². The zero-order chi connectivity index (χ0) is 9.19. The minimum Gasteiger partial charge on any atom is -0.282 e. The Hall–Kier alpha value is -0.740. The lowest BCUT2D eigenvalue weighted by molar-refractivity contribution is 0.607. The fourth-order valence-corrected chi connectivity index (χ4v) is 1.49. The maximum atomic E-state index is 10.8. The van der Waals surface area contributed by atoms with E-state index in [1.165, 1.54) is 0 Å². The van der Waals surface area contributed by atoms with E-state index in [0.717, 1.165) is 6.26 Å². The predicted molar refractivity (Wildman–Crippen MR) is 48.8 cm³/mol. The van der Waals surface area contributed by atoms with E-state index in [0.29, 0.717) is 5.69 Å². The number of hydrogen-bond donors (Lipinski definition) is 1. The van der Waals surface area contributed by atoms with Crippen molar-refractivity contribution in [3.63, 3.8) is 0 Å². The van der Waals surface area contributed by atoms with Crippen LogP contribution in [0.3, 0.4) is 0 Å². The summed E-state index contributed by atoms with van der Waals surface area (Å²) in [5.41, 5.74) is 0.349. The van der Waals surface area contributed by atoms with Crippen LogP contribution in [0.1, 0.15) is 0 Å². The summed E-state index contributed by atoms with van der Waals surface area (Å²) in [5, 5.41) is 0.267. The van der Waals surface area contributed by atoms with Gasteiger partial charge in [0.1, 0.15) is 0 Å². The summed E-state index contributed by atoms with van der Waals surface area (Å²) in [6.07, 6.45) is 1.07. The van der Waals surface area contributed by atoms with Gasteiger partial charge in [0, 0.05) is 6.07 Å². The molecule has 1 rings (SSSR count). The second kappa shape index (κ2) is 3.33. The second-order valence-corrected chi connectivity index (χ2v) is 4.40. The number of nitrogens with one attached hydrogen (secondary N) is 1. The molecule has 0 fully saturated rings. The molecule has 1 aromatic rings. The first kappa shape index (κ1) is 9.35. The zero-order valence-electron chi connectivity index (χ0n) is 6.33. The predicted octanol–water partition coefficient (Wildman–Crippen LogP) is 1.51. The normalized spacial score (nSPS) is 11.2. The fourth-order valence-electron chi connectivity index (χ4n) is 0.695. The number of sulfonamides is 1. The Kier molecular flexibility index (Phi) is 2.59. The van der Waals surface area contributed by atoms with Gasteiger partial charge < -0.3 is 0 Å². The van der Waals surface area contributed by atoms with Gasteiger partial charge in [-0.15, -0.1) is 0 Å². The molecule has 0 aliphatic rings. The van der Waals surface area contributed by atoms with Crippen molar-refractivity contribution in [2.24, 2.45) is 0 Å². The first-order chi connectivity index (χ1) is 5.49. The topological polar surface area (TPSA) is 46.2 Å². The van der Waals surface area contributed by atoms with Crippen molar-refractivity contribution in [3.8, 4) is 0 Å². The standard InChI is InChI=1S/C7H7ClNO2S/c1-12(10,11)9-7-5-3-2-4-6(7)8/h2-3,5,9H,1H3. The molecule has 0 aromatic heterocycles. The summed E-state index contributed by atoms with van der Waals surface area (Å²) in [4.78, 5) is 0. The average molecular weight is 205 g/mol. The lowest BCUT2D eigenvalue weighted by atomic mass is 10.3. The van der Waals surface area contributed by atoms with Crippen molar-refractivity contribution in [1.29, 1.82) is 0 Å². The molecular weight excluding hydrogens is 198 g/mol. The summed E-state index contributed by atoms with van der Waals surface area (Å²) < 4.78 is 23.8. The molecule has 1 aromatic carbocycles. The molecule has 0 atom stereocenters. The highest BCUT2D eigenvalue weighted by Gasteiger charge is 2.04. The molecular formula is C7H7ClNO2S. The molecule has 0 aliphatic heterocycles. The average Bonchev–Trinajstić information content (AvgIpc) is 1.91. The Bertz CT molecular complexity index is 375. The van der Waals surface area contributed by atoms with E-state index in [1.54, 1.807) is 18.2 Å². The number of benzene rings is 1. The Labute approximate surface area is 76.4 Å². The largest absolute Gasteiger partial charge is 0.282 e. The van der Waals surface area contributed by atoms with E-state index in [1.807, 2.05) is 0 Å². The van der Waals surface area contributed by atoms with E-state index in [4.69, 9.17) is 11.6 Å². The van der Waals surface area contributed by atoms with Crippen molar-refractivity contribution in [3.05, 3.63) is 29.3 Å². The molecule has 5 heteroatoms. The molecule has 0 amide bonds. The summed E-state index contributed by atoms with van der Waals surface area (Å²) in [7, 11) is -3.25. The minimum absolute atomic E-state index is 0.267. The molecule has 3 nitrogen and oxygen atoms in total. The lowest BCUT2D eigenvalue weighted by Gasteiger charge is -2.03. The highest BCUT2D eigenvalue weighted by Crippen LogP contribution is 2.20. The van der Waals surface area contributed by atoms with Crippen LogP contribution in [0.25, 0.3) is 0 Å². The first-order valence-electron chi connectivity index (χ1n) is 3.13. The van der Waals surface area contributed by atoms with Gasteiger partial charge in [0.25, 0.3) is 0 Å². The Morgan fingerprint density at radius 2 is 2.25 bits per heavy atom. The van der Waals surface area contributed by atoms with Crippen LogP contribution >= 0.6 is 11.6 Å². The molecule has 0 unspecified atom stereocenters. The van der Waals surface area contributed by atoms with Crippen LogP contribution in [0.15, 0.2) is 18.2 Å². The second-order valence-electron chi connectivity index (χ2n) is 2.27. The third kappa shape index (κ3) is 2.71. The van der Waals surface area contributed by atoms with Crippen LogP contribution in [0.4, 0.5) is 5.69 Å². The highest BCUT2D eigenvalue weighted by atomic mass is 35.5. The quantitative estimate of drug-likeness (QED) is 0.794. The third-order valence-corrected chi connectivity index (χ3v) is 2.00. The van der Waals surface area contributed by atoms with Gasteiger partial charge in [-0.25, -0.2) is 8.42 Å². The van der Waals surface area contributed by atoms with E-state index in [-0.39, 0.29) is 5.02 Å². The molecule has 12 heavy (non-hydrogen) atoms. The summed E-state index contributed by atoms with van der Waals surface area (Å²) >= 11 is 5.65. The molecule has 0 aliphatic carbocycles. The number of halogens is 1. The smallest absolute Gasteiger partial charge is 0.229 e. The highest BCUT2D eigenvalue weighted by molar-refractivity contribution is 7.92. The van der Waals surface area contributed by atoms with Gasteiger partial charge in [0.15, 0.2) is 0 Å². The van der Waals surface area contributed by atoms with Gasteiger partial charge in [-0.3, -0.25) is 4.72 Å². The minimum atomic E-state index is -3.25. The summed E-state index contributed by atoms with van der Waals surface area (Å²) in [6.45, 7) is 0. The van der Waals surface area contributed by atoms with Crippen LogP contribution in [0.2, 0.25) is 5.02 Å². The SMILES string of the molecule is CS(=O)(=O)Nc1ccc[c]c1Cl. The number of rotatable bonds is 2. The first-order valence-corrected chi connectivity index (χ1v) is 5.40. The maximum Gasteiger partial charge on any atom is 0.229 e. The Morgan fingerprint density at radius 3 is 2.75 bits per heavy atom. The van der Waals surface area contributed by atoms with Crippen molar-refractivity contribution in [1.82, 2.24) is 0 Å². The molecule has 0 bridgehead atoms. The van der Waals surface area contributed by atoms with Crippen molar-refractivity contribution >= 4 is 27.3 Å². The van der Waals surface area contributed by atoms with Crippen LogP contribution in [0, 0.1) is 6.07 Å². The maximum absolute atomic E-state index is 10.8. The van der Waals surface area contributed by atoms with Crippen molar-refractivity contribution in [2.45, 2.75) is 0 Å². The van der Waals surface area contributed by atoms with E-state index in [9.17, 15) is 8.42 Å². The van der Waals surface area contributed by atoms with Crippen LogP contribution in [0.5, 0.6) is 0 Å². The fraction of sp³-hybridized carbons (Fsp3) is 0.143. The molecule has 0 spiro atoms. The Balaban J connectivity index is 2.98. The molecule has 1 N–H and O–H groups in total. The van der Waals surface area contributed by atoms with Gasteiger partial charge in [-0.2, -0.15) is 0 Å². The Morgan fingerprint density at radius 1 is 1.58 bits per heavy atom. The monoisotopic (exact) mass is 204 g/mol. The van der Waals surface area contributed by atoms with Gasteiger partial charge in [-0.05, 0) is 6.07 Å². The number of anilines is 1. The zero-order valence-corrected chi connectivity index (χ0v) is 7.91. The lowest BCUT2D eigenvalue weighted by Crippen LogP contribution is -2.09. The molecule has 0 heterocycles. The number of hydrogen-bond acceptors (Lipinski definition) is 2. The summed E-state index contributed by atoms with van der Waals surface area (Å²) in [5.74, 6) is 0. The summed E-state index contributed by atoms with van der Waals surface area (Å²) in [6, 6.07) is 7.49. The van der Waals surface area contributed by atoms with E-state index < -0.39 is 10.0 Å². The molecule has 0 saturated carbocycles. The molecule has 65 valence electrons.